The third-order valence-corrected chi connectivity index (χ3v) is 11.6. The Kier molecular flexibility index (Phi) is 11.1. The number of ether oxygens (including phenoxy) is 1. The number of halogens is 2. The second-order valence-electron chi connectivity index (χ2n) is 17.9. The lowest BCUT2D eigenvalue weighted by molar-refractivity contribution is 0.415. The summed E-state index contributed by atoms with van der Waals surface area (Å²) >= 11 is 0. The van der Waals surface area contributed by atoms with Gasteiger partial charge in [-0.1, -0.05) is 187 Å². The molecule has 3 nitrogen and oxygen atoms in total. The zero-order chi connectivity index (χ0) is 43.1. The van der Waals surface area contributed by atoms with Crippen LogP contribution in [0.5, 0.6) is 5.75 Å². The summed E-state index contributed by atoms with van der Waals surface area (Å²) in [5.74, 6) is 0.679. The van der Waals surface area contributed by atoms with Crippen LogP contribution in [0.15, 0.2) is 174 Å². The van der Waals surface area contributed by atoms with Crippen LogP contribution in [0, 0.1) is 6.92 Å². The number of benzene rings is 6. The van der Waals surface area contributed by atoms with Gasteiger partial charge in [0.15, 0.2) is 0 Å². The summed E-state index contributed by atoms with van der Waals surface area (Å²) in [5, 5.41) is 0. The van der Waals surface area contributed by atoms with Crippen molar-refractivity contribution in [3.8, 4) is 39.3 Å². The molecule has 0 N–H and O–H groups in total. The highest BCUT2D eigenvalue weighted by atomic mass is 19.2. The van der Waals surface area contributed by atoms with Crippen LogP contribution >= 0.6 is 0 Å². The minimum atomic E-state index is -2.89. The molecule has 0 radical (unpaired) electrons. The Labute approximate surface area is 360 Å². The number of nitrogens with zero attached hydrogens (tertiary/aromatic N) is 2. The van der Waals surface area contributed by atoms with Crippen molar-refractivity contribution >= 4 is 24.3 Å². The van der Waals surface area contributed by atoms with Gasteiger partial charge in [0.1, 0.15) is 5.75 Å². The molecule has 0 saturated carbocycles. The maximum absolute atomic E-state index is 16.3. The molecule has 0 bridgehead atoms. The van der Waals surface area contributed by atoms with E-state index < -0.39 is 7.40 Å². The lowest BCUT2D eigenvalue weighted by atomic mass is 9.86. The fraction of sp³-hybridized carbons (Fsp3) is 0.182. The van der Waals surface area contributed by atoms with E-state index in [1.807, 2.05) is 84.9 Å². The Hall–Kier alpha value is -6.53. The predicted molar refractivity (Wildman–Crippen MR) is 253 cm³/mol. The molecular weight excluding hydrogens is 753 g/mol. The number of methoxy groups -OCH3 is 1. The normalized spacial score (nSPS) is 13.8. The average molecular weight is 805 g/mol. The molecule has 0 atom stereocenters. The SMILES string of the molecule is COc1ccc(-c2cc(-c3ccc(C(C)(C)C)cc3)n(B(F)F)c2/C(=C2\N=C(c3ccc(C(C)(C)C)cc3)C=C2c2ccc(C)cc2)c2ccc(-c3ccccc3)cc2)cc1. The average Bonchev–Trinajstić information content (AvgIpc) is 3.88. The van der Waals surface area contributed by atoms with Gasteiger partial charge in [-0.3, -0.25) is 8.63 Å². The topological polar surface area (TPSA) is 26.5 Å². The molecule has 61 heavy (non-hydrogen) atoms. The van der Waals surface area contributed by atoms with Gasteiger partial charge in [0, 0.05) is 28.0 Å². The van der Waals surface area contributed by atoms with Gasteiger partial charge in [0.05, 0.1) is 24.2 Å². The highest BCUT2D eigenvalue weighted by Crippen LogP contribution is 2.46. The second kappa shape index (κ2) is 16.5. The Bertz CT molecular complexity index is 2760. The molecule has 2 heterocycles. The van der Waals surface area contributed by atoms with E-state index in [1.54, 1.807) is 7.11 Å². The van der Waals surface area contributed by atoms with Crippen LogP contribution in [0.2, 0.25) is 0 Å². The first kappa shape index (κ1) is 41.2. The third-order valence-electron chi connectivity index (χ3n) is 11.6. The molecule has 6 heteroatoms. The van der Waals surface area contributed by atoms with Gasteiger partial charge in [-0.25, -0.2) is 4.99 Å². The Morgan fingerprint density at radius 2 is 1.08 bits per heavy atom. The quantitative estimate of drug-likeness (QED) is 0.134. The molecular formula is C55H51BF2N2O. The van der Waals surface area contributed by atoms with E-state index >= 15 is 8.63 Å². The minimum Gasteiger partial charge on any atom is -0.497 e. The molecule has 0 aliphatic carbocycles. The zero-order valence-electron chi connectivity index (χ0n) is 36.2. The van der Waals surface area contributed by atoms with Gasteiger partial charge in [0.2, 0.25) is 0 Å². The van der Waals surface area contributed by atoms with E-state index in [-0.39, 0.29) is 10.8 Å². The van der Waals surface area contributed by atoms with Crippen LogP contribution in [-0.4, -0.2) is 24.7 Å². The van der Waals surface area contributed by atoms with Crippen molar-refractivity contribution in [1.29, 1.82) is 0 Å². The summed E-state index contributed by atoms with van der Waals surface area (Å²) in [5.41, 5.74) is 13.9. The molecule has 1 aromatic heterocycles. The summed E-state index contributed by atoms with van der Waals surface area (Å²) in [6.07, 6.45) is 2.11. The van der Waals surface area contributed by atoms with Crippen LogP contribution in [0.1, 0.15) is 80.6 Å². The van der Waals surface area contributed by atoms with Crippen LogP contribution in [-0.2, 0) is 10.8 Å². The number of hydrogen-bond donors (Lipinski definition) is 0. The summed E-state index contributed by atoms with van der Waals surface area (Å²) in [6, 6.07) is 52.9. The van der Waals surface area contributed by atoms with Gasteiger partial charge >= 0.3 is 7.40 Å². The fourth-order valence-electron chi connectivity index (χ4n) is 8.03. The number of rotatable bonds is 9. The van der Waals surface area contributed by atoms with Crippen molar-refractivity contribution in [2.75, 3.05) is 7.11 Å². The molecule has 0 amide bonds. The number of aryl methyl sites for hydroxylation is 1. The van der Waals surface area contributed by atoms with Crippen molar-refractivity contribution in [3.05, 3.63) is 209 Å². The number of aliphatic imine (C=N–C) groups is 1. The molecule has 0 fully saturated rings. The maximum Gasteiger partial charge on any atom is 0.678 e. The molecule has 1 aliphatic heterocycles. The molecule has 1 aliphatic rings. The predicted octanol–water partition coefficient (Wildman–Crippen LogP) is 14.5. The maximum atomic E-state index is 16.3. The Morgan fingerprint density at radius 3 is 1.62 bits per heavy atom. The molecule has 304 valence electrons. The Balaban J connectivity index is 1.47. The first-order valence-electron chi connectivity index (χ1n) is 20.9. The molecule has 0 saturated heterocycles. The molecule has 7 aromatic rings. The van der Waals surface area contributed by atoms with Gasteiger partial charge in [0.25, 0.3) is 0 Å². The lowest BCUT2D eigenvalue weighted by Gasteiger charge is -2.20. The van der Waals surface area contributed by atoms with E-state index in [4.69, 9.17) is 9.73 Å². The summed E-state index contributed by atoms with van der Waals surface area (Å²) in [7, 11) is -1.26. The first-order chi connectivity index (χ1) is 29.2. The summed E-state index contributed by atoms with van der Waals surface area (Å²) < 4.78 is 39.5. The minimum absolute atomic E-state index is 0.0215. The van der Waals surface area contributed by atoms with E-state index in [9.17, 15) is 0 Å². The van der Waals surface area contributed by atoms with Gasteiger partial charge in [-0.2, -0.15) is 0 Å². The molecule has 0 spiro atoms. The Morgan fingerprint density at radius 1 is 0.574 bits per heavy atom. The van der Waals surface area contributed by atoms with Crippen LogP contribution in [0.3, 0.4) is 0 Å². The number of hydrogen-bond acceptors (Lipinski definition) is 2. The largest absolute Gasteiger partial charge is 0.678 e. The van der Waals surface area contributed by atoms with Crippen LogP contribution in [0.4, 0.5) is 8.63 Å². The van der Waals surface area contributed by atoms with E-state index in [0.29, 0.717) is 39.5 Å². The first-order valence-corrected chi connectivity index (χ1v) is 20.9. The lowest BCUT2D eigenvalue weighted by Crippen LogP contribution is -2.18. The molecule has 6 aromatic carbocycles. The van der Waals surface area contributed by atoms with Crippen LogP contribution < -0.4 is 4.74 Å². The van der Waals surface area contributed by atoms with Crippen molar-refractivity contribution < 1.29 is 13.4 Å². The van der Waals surface area contributed by atoms with Crippen molar-refractivity contribution in [3.63, 3.8) is 0 Å². The second-order valence-corrected chi connectivity index (χ2v) is 17.9. The number of aromatic nitrogens is 1. The third kappa shape index (κ3) is 8.45. The fourth-order valence-corrected chi connectivity index (χ4v) is 8.03. The highest BCUT2D eigenvalue weighted by molar-refractivity contribution is 6.42. The standard InChI is InChI=1S/C55H51BF2N2O/c1-36-14-16-39(17-15-36)47-34-49(41-22-28-44(29-23-41)54(2,3)4)59-52(47)51(43-20-18-38(19-21-43)37-12-10-9-11-13-37)53-48(40-26-32-46(61-8)33-27-40)35-50(60(53)56(57)58)42-24-30-45(31-25-42)55(5,6)7/h9-35H,1-8H3/b52-51-. The molecule has 8 rings (SSSR count). The molecule has 0 unspecified atom stereocenters. The zero-order valence-corrected chi connectivity index (χ0v) is 36.2. The van der Waals surface area contributed by atoms with E-state index in [0.717, 1.165) is 55.8 Å². The van der Waals surface area contributed by atoms with Crippen molar-refractivity contribution in [2.45, 2.75) is 59.3 Å². The monoisotopic (exact) mass is 804 g/mol. The van der Waals surface area contributed by atoms with Crippen molar-refractivity contribution in [2.24, 2.45) is 4.99 Å². The van der Waals surface area contributed by atoms with Gasteiger partial charge < -0.3 is 9.21 Å². The van der Waals surface area contributed by atoms with Crippen LogP contribution in [0.25, 0.3) is 44.7 Å². The van der Waals surface area contributed by atoms with Crippen molar-refractivity contribution in [1.82, 2.24) is 4.48 Å². The summed E-state index contributed by atoms with van der Waals surface area (Å²) in [6.45, 7) is 15.1. The van der Waals surface area contributed by atoms with Gasteiger partial charge in [-0.05, 0) is 86.5 Å². The number of allylic oxidation sites excluding steroid dienone is 2. The smallest absolute Gasteiger partial charge is 0.497 e. The van der Waals surface area contributed by atoms with E-state index in [1.165, 1.54) is 10.0 Å². The highest BCUT2D eigenvalue weighted by Gasteiger charge is 2.34. The summed E-state index contributed by atoms with van der Waals surface area (Å²) in [4.78, 5) is 5.47. The van der Waals surface area contributed by atoms with Gasteiger partial charge in [-0.15, -0.1) is 0 Å². The van der Waals surface area contributed by atoms with E-state index in [2.05, 4.69) is 127 Å².